The van der Waals surface area contributed by atoms with Crippen LogP contribution in [0.25, 0.3) is 10.9 Å². The third-order valence-corrected chi connectivity index (χ3v) is 5.75. The van der Waals surface area contributed by atoms with Crippen molar-refractivity contribution in [1.82, 2.24) is 4.98 Å². The Bertz CT molecular complexity index is 1380. The number of aliphatic hydroxyl groups is 1. The first-order valence-electron chi connectivity index (χ1n) is 10.1. The summed E-state index contributed by atoms with van der Waals surface area (Å²) >= 11 is 0. The minimum absolute atomic E-state index is 0.0272. The molecule has 2 N–H and O–H groups in total. The van der Waals surface area contributed by atoms with E-state index in [0.717, 1.165) is 22.2 Å². The van der Waals surface area contributed by atoms with E-state index in [4.69, 9.17) is 9.15 Å². The second kappa shape index (κ2) is 7.46. The van der Waals surface area contributed by atoms with Crippen molar-refractivity contribution in [1.29, 1.82) is 0 Å². The molecule has 32 heavy (non-hydrogen) atoms. The van der Waals surface area contributed by atoms with E-state index in [1.165, 1.54) is 24.3 Å². The first kappa shape index (κ1) is 19.7. The van der Waals surface area contributed by atoms with Crippen LogP contribution in [-0.2, 0) is 4.79 Å². The molecule has 7 nitrogen and oxygen atoms in total. The average Bonchev–Trinajstić information content (AvgIpc) is 3.51. The van der Waals surface area contributed by atoms with Crippen molar-refractivity contribution < 1.29 is 23.8 Å². The number of ether oxygens (including phenoxy) is 1. The van der Waals surface area contributed by atoms with Crippen molar-refractivity contribution in [3.8, 4) is 5.75 Å². The number of nitrogens with zero attached hydrogens (tertiary/aromatic N) is 1. The highest BCUT2D eigenvalue weighted by Gasteiger charge is 2.46. The van der Waals surface area contributed by atoms with Gasteiger partial charge < -0.3 is 19.2 Å². The number of aliphatic hydroxyl groups excluding tert-OH is 1. The molecular weight excluding hydrogens is 408 g/mol. The molecule has 1 amide bonds. The number of para-hydroxylation sites is 1. The van der Waals surface area contributed by atoms with Gasteiger partial charge in [0.25, 0.3) is 5.91 Å². The molecule has 1 aliphatic heterocycles. The van der Waals surface area contributed by atoms with Crippen LogP contribution in [0, 0.1) is 6.92 Å². The molecule has 4 aromatic rings. The molecule has 0 fully saturated rings. The summed E-state index contributed by atoms with van der Waals surface area (Å²) in [7, 11) is 1.54. The lowest BCUT2D eigenvalue weighted by Gasteiger charge is -2.27. The number of aromatic nitrogens is 1. The van der Waals surface area contributed by atoms with E-state index in [9.17, 15) is 14.7 Å². The highest BCUT2D eigenvalue weighted by molar-refractivity contribution is 6.20. The number of H-pyrrole nitrogens is 1. The van der Waals surface area contributed by atoms with Crippen LogP contribution in [0.5, 0.6) is 5.75 Å². The van der Waals surface area contributed by atoms with Crippen molar-refractivity contribution in [2.24, 2.45) is 0 Å². The van der Waals surface area contributed by atoms with Gasteiger partial charge in [0.1, 0.15) is 5.75 Å². The number of benzene rings is 2. The Kier molecular flexibility index (Phi) is 4.59. The molecule has 0 saturated carbocycles. The maximum Gasteiger partial charge on any atom is 0.294 e. The summed E-state index contributed by atoms with van der Waals surface area (Å²) in [6.07, 6.45) is 1.38. The number of nitrogens with one attached hydrogen (secondary N) is 1. The zero-order valence-electron chi connectivity index (χ0n) is 17.5. The molecule has 7 heteroatoms. The highest BCUT2D eigenvalue weighted by atomic mass is 16.5. The van der Waals surface area contributed by atoms with Gasteiger partial charge in [-0.25, -0.2) is 0 Å². The Hall–Kier alpha value is -4.26. The van der Waals surface area contributed by atoms with Gasteiger partial charge in [-0.15, -0.1) is 0 Å². The first-order valence-corrected chi connectivity index (χ1v) is 10.1. The van der Waals surface area contributed by atoms with Crippen LogP contribution in [0.15, 0.2) is 82.7 Å². The van der Waals surface area contributed by atoms with Crippen molar-refractivity contribution >= 4 is 28.3 Å². The fourth-order valence-corrected chi connectivity index (χ4v) is 4.33. The van der Waals surface area contributed by atoms with Crippen molar-refractivity contribution in [2.45, 2.75) is 13.0 Å². The maximum absolute atomic E-state index is 13.4. The van der Waals surface area contributed by atoms with Crippen LogP contribution in [-0.4, -0.2) is 28.9 Å². The summed E-state index contributed by atoms with van der Waals surface area (Å²) in [5.74, 6) is -1.20. The smallest absolute Gasteiger partial charge is 0.294 e. The molecule has 0 bridgehead atoms. The van der Waals surface area contributed by atoms with Crippen molar-refractivity contribution in [3.63, 3.8) is 0 Å². The number of Topliss-reactive ketones (excluding diaryl/α,β-unsaturated/α-hetero) is 1. The largest absolute Gasteiger partial charge is 0.503 e. The van der Waals surface area contributed by atoms with Crippen molar-refractivity contribution in [3.05, 3.63) is 95.3 Å². The summed E-state index contributed by atoms with van der Waals surface area (Å²) in [5, 5.41) is 11.8. The van der Waals surface area contributed by atoms with Crippen molar-refractivity contribution in [2.75, 3.05) is 12.0 Å². The molecule has 1 aliphatic rings. The van der Waals surface area contributed by atoms with Gasteiger partial charge in [0.05, 0.1) is 25.0 Å². The van der Waals surface area contributed by atoms with Crippen LogP contribution in [0.1, 0.15) is 27.9 Å². The predicted octanol–water partition coefficient (Wildman–Crippen LogP) is 4.86. The lowest BCUT2D eigenvalue weighted by Crippen LogP contribution is -2.31. The molecule has 1 atom stereocenters. The molecule has 2 aromatic carbocycles. The number of ketones is 1. The Morgan fingerprint density at radius 3 is 2.69 bits per heavy atom. The third-order valence-electron chi connectivity index (χ3n) is 5.75. The zero-order valence-corrected chi connectivity index (χ0v) is 17.5. The van der Waals surface area contributed by atoms with Gasteiger partial charge in [-0.1, -0.05) is 24.3 Å². The van der Waals surface area contributed by atoms with E-state index in [2.05, 4.69) is 4.98 Å². The summed E-state index contributed by atoms with van der Waals surface area (Å²) in [4.78, 5) is 31.5. The number of hydrogen-bond acceptors (Lipinski definition) is 5. The summed E-state index contributed by atoms with van der Waals surface area (Å²) in [6, 6.07) is 16.9. The lowest BCUT2D eigenvalue weighted by atomic mass is 9.92. The van der Waals surface area contributed by atoms with E-state index >= 15 is 0 Å². The third kappa shape index (κ3) is 2.90. The van der Waals surface area contributed by atoms with Gasteiger partial charge in [-0.2, -0.15) is 0 Å². The van der Waals surface area contributed by atoms with Gasteiger partial charge in [0, 0.05) is 33.9 Å². The minimum atomic E-state index is -0.858. The molecule has 0 saturated heterocycles. The summed E-state index contributed by atoms with van der Waals surface area (Å²) < 4.78 is 10.6. The monoisotopic (exact) mass is 428 g/mol. The molecule has 1 unspecified atom stereocenters. The zero-order chi connectivity index (χ0) is 22.4. The van der Waals surface area contributed by atoms with E-state index in [1.54, 1.807) is 30.3 Å². The first-order chi connectivity index (χ1) is 15.5. The number of aromatic amines is 1. The average molecular weight is 428 g/mol. The molecule has 0 spiro atoms. The standard InChI is InChI=1S/C25H20N2O5/c1-14-20(17-9-3-4-10-18(17)26-14)22-21(23(28)19-11-6-12-32-19)24(29)25(30)27(22)15-7-5-8-16(13-15)31-2/h3-13,22,26,29H,1-2H3. The quantitative estimate of drug-likeness (QED) is 0.443. The maximum atomic E-state index is 13.4. The highest BCUT2D eigenvalue weighted by Crippen LogP contribution is 2.45. The van der Waals surface area contributed by atoms with E-state index < -0.39 is 23.5 Å². The van der Waals surface area contributed by atoms with Crippen LogP contribution in [0.4, 0.5) is 5.69 Å². The van der Waals surface area contributed by atoms with Crippen LogP contribution in [0.3, 0.4) is 0 Å². The lowest BCUT2D eigenvalue weighted by molar-refractivity contribution is -0.117. The molecule has 3 heterocycles. The number of aryl methyl sites for hydroxylation is 1. The van der Waals surface area contributed by atoms with Gasteiger partial charge in [0.2, 0.25) is 5.78 Å². The number of hydrogen-bond donors (Lipinski definition) is 2. The number of methoxy groups -OCH3 is 1. The fraction of sp³-hybridized carbons (Fsp3) is 0.120. The van der Waals surface area contributed by atoms with E-state index in [-0.39, 0.29) is 11.3 Å². The number of carbonyl (C=O) groups is 2. The topological polar surface area (TPSA) is 95.8 Å². The second-order valence-electron chi connectivity index (χ2n) is 7.56. The normalized spacial score (nSPS) is 16.2. The summed E-state index contributed by atoms with van der Waals surface area (Å²) in [6.45, 7) is 1.88. The summed E-state index contributed by atoms with van der Waals surface area (Å²) in [5.41, 5.74) is 2.86. The number of fused-ring (bicyclic) bond motifs is 1. The molecule has 2 aromatic heterocycles. The fourth-order valence-electron chi connectivity index (χ4n) is 4.33. The van der Waals surface area contributed by atoms with Gasteiger partial charge in [-0.05, 0) is 37.3 Å². The van der Waals surface area contributed by atoms with Crippen LogP contribution >= 0.6 is 0 Å². The number of amides is 1. The Balaban J connectivity index is 1.77. The van der Waals surface area contributed by atoms with Crippen LogP contribution in [0.2, 0.25) is 0 Å². The molecule has 0 radical (unpaired) electrons. The number of rotatable bonds is 5. The molecule has 5 rings (SSSR count). The SMILES string of the molecule is COc1cccc(N2C(=O)C(O)=C(C(=O)c3ccco3)C2c2c(C)[nH]c3ccccc23)c1. The Morgan fingerprint density at radius 2 is 1.94 bits per heavy atom. The van der Waals surface area contributed by atoms with Gasteiger partial charge in [0.15, 0.2) is 11.5 Å². The molecule has 160 valence electrons. The van der Waals surface area contributed by atoms with Crippen LogP contribution < -0.4 is 9.64 Å². The van der Waals surface area contributed by atoms with Gasteiger partial charge >= 0.3 is 0 Å². The van der Waals surface area contributed by atoms with E-state index in [0.29, 0.717) is 11.4 Å². The number of carbonyl (C=O) groups excluding carboxylic acids is 2. The molecular formula is C25H20N2O5. The number of anilines is 1. The number of furan rings is 1. The molecule has 0 aliphatic carbocycles. The Labute approximate surface area is 183 Å². The van der Waals surface area contributed by atoms with E-state index in [1.807, 2.05) is 31.2 Å². The van der Waals surface area contributed by atoms with Gasteiger partial charge in [-0.3, -0.25) is 14.5 Å². The Morgan fingerprint density at radius 1 is 1.12 bits per heavy atom. The second-order valence-corrected chi connectivity index (χ2v) is 7.56. The predicted molar refractivity (Wildman–Crippen MR) is 119 cm³/mol. The minimum Gasteiger partial charge on any atom is -0.503 e.